The Bertz CT molecular complexity index is 314. The molecule has 0 aliphatic heterocycles. The van der Waals surface area contributed by atoms with Gasteiger partial charge >= 0.3 is 0 Å². The summed E-state index contributed by atoms with van der Waals surface area (Å²) in [5.41, 5.74) is 5.68. The van der Waals surface area contributed by atoms with Gasteiger partial charge in [-0.05, 0) is 44.1 Å². The normalized spacial score (nSPS) is 16.0. The highest BCUT2D eigenvalue weighted by Crippen LogP contribution is 2.18. The molecule has 116 valence electrons. The minimum Gasteiger partial charge on any atom is -0.356 e. The fourth-order valence-electron chi connectivity index (χ4n) is 2.27. The number of carbonyl (C=O) groups excluding carboxylic acids is 2. The Labute approximate surface area is 122 Å². The molecule has 0 heterocycles. The summed E-state index contributed by atoms with van der Waals surface area (Å²) < 4.78 is 0. The summed E-state index contributed by atoms with van der Waals surface area (Å²) in [4.78, 5) is 23.2. The van der Waals surface area contributed by atoms with E-state index in [9.17, 15) is 9.59 Å². The highest BCUT2D eigenvalue weighted by atomic mass is 16.2. The van der Waals surface area contributed by atoms with E-state index in [1.807, 2.05) is 0 Å². The van der Waals surface area contributed by atoms with Gasteiger partial charge < -0.3 is 16.4 Å². The van der Waals surface area contributed by atoms with Crippen molar-refractivity contribution in [3.05, 3.63) is 0 Å². The quantitative estimate of drug-likeness (QED) is 0.526. The molecule has 0 aromatic rings. The Morgan fingerprint density at radius 1 is 1.25 bits per heavy atom. The second-order valence-electron chi connectivity index (χ2n) is 6.23. The molecule has 0 radical (unpaired) electrons. The van der Waals surface area contributed by atoms with Crippen LogP contribution >= 0.6 is 0 Å². The topological polar surface area (TPSA) is 84.2 Å². The lowest BCUT2D eigenvalue weighted by Gasteiger charge is -2.16. The third kappa shape index (κ3) is 8.15. The van der Waals surface area contributed by atoms with E-state index in [4.69, 9.17) is 5.73 Å². The maximum absolute atomic E-state index is 11.8. The van der Waals surface area contributed by atoms with Crippen LogP contribution in [0.25, 0.3) is 0 Å². The molecule has 1 fully saturated rings. The first-order valence-corrected chi connectivity index (χ1v) is 7.77. The van der Waals surface area contributed by atoms with Crippen molar-refractivity contribution in [2.24, 2.45) is 17.6 Å². The van der Waals surface area contributed by atoms with Crippen LogP contribution in [0.1, 0.15) is 52.4 Å². The van der Waals surface area contributed by atoms with E-state index in [0.717, 1.165) is 19.3 Å². The number of nitrogens with two attached hydrogens (primary N) is 1. The van der Waals surface area contributed by atoms with Gasteiger partial charge in [-0.25, -0.2) is 0 Å². The molecule has 5 heteroatoms. The lowest BCUT2D eigenvalue weighted by atomic mass is 9.94. The lowest BCUT2D eigenvalue weighted by Crippen LogP contribution is -2.31. The summed E-state index contributed by atoms with van der Waals surface area (Å²) in [7, 11) is 0. The van der Waals surface area contributed by atoms with E-state index >= 15 is 0 Å². The van der Waals surface area contributed by atoms with Crippen molar-refractivity contribution in [3.63, 3.8) is 0 Å². The van der Waals surface area contributed by atoms with Gasteiger partial charge in [0.2, 0.25) is 11.8 Å². The van der Waals surface area contributed by atoms with Crippen molar-refractivity contribution in [2.45, 2.75) is 58.4 Å². The van der Waals surface area contributed by atoms with E-state index in [0.29, 0.717) is 44.3 Å². The molecule has 0 bridgehead atoms. The highest BCUT2D eigenvalue weighted by Gasteiger charge is 2.22. The van der Waals surface area contributed by atoms with E-state index < -0.39 is 0 Å². The van der Waals surface area contributed by atoms with Crippen LogP contribution in [0.4, 0.5) is 0 Å². The van der Waals surface area contributed by atoms with Gasteiger partial charge in [0.15, 0.2) is 0 Å². The van der Waals surface area contributed by atoms with E-state index in [2.05, 4.69) is 24.5 Å². The van der Waals surface area contributed by atoms with Gasteiger partial charge in [0.05, 0.1) is 0 Å². The molecule has 1 atom stereocenters. The number of nitrogens with one attached hydrogen (secondary N) is 2. The van der Waals surface area contributed by atoms with Gasteiger partial charge in [-0.3, -0.25) is 9.59 Å². The van der Waals surface area contributed by atoms with Crippen LogP contribution in [0.2, 0.25) is 0 Å². The first kappa shape index (κ1) is 17.0. The van der Waals surface area contributed by atoms with Crippen molar-refractivity contribution in [1.82, 2.24) is 10.6 Å². The standard InChI is InChI=1S/C15H29N3O2/c1-11(2)8-12(10-16)9-15(20)17-7-3-4-14(19)18-13-5-6-13/h11-13H,3-10,16H2,1-2H3,(H,17,20)(H,18,19). The third-order valence-electron chi connectivity index (χ3n) is 3.46. The minimum absolute atomic E-state index is 0.0451. The Morgan fingerprint density at radius 3 is 2.50 bits per heavy atom. The molecule has 0 aromatic carbocycles. The van der Waals surface area contributed by atoms with Crippen LogP contribution in [-0.2, 0) is 9.59 Å². The summed E-state index contributed by atoms with van der Waals surface area (Å²) in [6.45, 7) is 5.39. The average molecular weight is 283 g/mol. The van der Waals surface area contributed by atoms with Crippen LogP contribution in [-0.4, -0.2) is 30.9 Å². The van der Waals surface area contributed by atoms with Gasteiger partial charge in [-0.15, -0.1) is 0 Å². The number of carbonyl (C=O) groups is 2. The second kappa shape index (κ2) is 8.95. The summed E-state index contributed by atoms with van der Waals surface area (Å²) in [5.74, 6) is 0.959. The molecule has 0 saturated heterocycles. The van der Waals surface area contributed by atoms with Crippen molar-refractivity contribution in [2.75, 3.05) is 13.1 Å². The molecule has 20 heavy (non-hydrogen) atoms. The number of hydrogen-bond donors (Lipinski definition) is 3. The maximum Gasteiger partial charge on any atom is 0.220 e. The zero-order chi connectivity index (χ0) is 15.0. The Balaban J connectivity index is 2.04. The van der Waals surface area contributed by atoms with Gasteiger partial charge in [0.1, 0.15) is 0 Å². The number of rotatable bonds is 10. The van der Waals surface area contributed by atoms with E-state index in [-0.39, 0.29) is 17.7 Å². The first-order chi connectivity index (χ1) is 9.51. The van der Waals surface area contributed by atoms with Gasteiger partial charge in [0, 0.05) is 25.4 Å². The maximum atomic E-state index is 11.8. The molecule has 1 saturated carbocycles. The SMILES string of the molecule is CC(C)CC(CN)CC(=O)NCCCC(=O)NC1CC1. The fourth-order valence-corrected chi connectivity index (χ4v) is 2.27. The van der Waals surface area contributed by atoms with Crippen molar-refractivity contribution in [1.29, 1.82) is 0 Å². The molecule has 1 aliphatic carbocycles. The predicted molar refractivity (Wildman–Crippen MR) is 80.0 cm³/mol. The van der Waals surface area contributed by atoms with Crippen molar-refractivity contribution < 1.29 is 9.59 Å². The summed E-state index contributed by atoms with van der Waals surface area (Å²) in [6, 6.07) is 0.415. The van der Waals surface area contributed by atoms with Gasteiger partial charge in [-0.2, -0.15) is 0 Å². The third-order valence-corrected chi connectivity index (χ3v) is 3.46. The van der Waals surface area contributed by atoms with Gasteiger partial charge in [-0.1, -0.05) is 13.8 Å². The molecule has 4 N–H and O–H groups in total. The molecule has 1 unspecified atom stereocenters. The summed E-state index contributed by atoms with van der Waals surface area (Å²) >= 11 is 0. The molecule has 2 amide bonds. The van der Waals surface area contributed by atoms with Crippen LogP contribution < -0.4 is 16.4 Å². The van der Waals surface area contributed by atoms with Crippen LogP contribution in [0.15, 0.2) is 0 Å². The van der Waals surface area contributed by atoms with E-state index in [1.165, 1.54) is 0 Å². The zero-order valence-corrected chi connectivity index (χ0v) is 12.8. The smallest absolute Gasteiger partial charge is 0.220 e. The second-order valence-corrected chi connectivity index (χ2v) is 6.23. The lowest BCUT2D eigenvalue weighted by molar-refractivity contribution is -0.123. The first-order valence-electron chi connectivity index (χ1n) is 7.77. The van der Waals surface area contributed by atoms with Gasteiger partial charge in [0.25, 0.3) is 0 Å². The molecule has 0 aromatic heterocycles. The summed E-state index contributed by atoms with van der Waals surface area (Å²) in [5, 5.41) is 5.81. The largest absolute Gasteiger partial charge is 0.356 e. The number of amides is 2. The molecular weight excluding hydrogens is 254 g/mol. The Kier molecular flexibility index (Phi) is 7.59. The predicted octanol–water partition coefficient (Wildman–Crippen LogP) is 1.17. The molecule has 1 rings (SSSR count). The molecule has 5 nitrogen and oxygen atoms in total. The molecule has 1 aliphatic rings. The van der Waals surface area contributed by atoms with Crippen LogP contribution in [0.5, 0.6) is 0 Å². The van der Waals surface area contributed by atoms with Crippen LogP contribution in [0, 0.1) is 11.8 Å². The average Bonchev–Trinajstić information content (AvgIpc) is 3.17. The minimum atomic E-state index is 0.0451. The fraction of sp³-hybridized carbons (Fsp3) is 0.867. The van der Waals surface area contributed by atoms with Crippen LogP contribution in [0.3, 0.4) is 0 Å². The zero-order valence-electron chi connectivity index (χ0n) is 12.8. The van der Waals surface area contributed by atoms with Crippen molar-refractivity contribution in [3.8, 4) is 0 Å². The number of hydrogen-bond acceptors (Lipinski definition) is 3. The molecule has 0 spiro atoms. The van der Waals surface area contributed by atoms with E-state index in [1.54, 1.807) is 0 Å². The van der Waals surface area contributed by atoms with Crippen molar-refractivity contribution >= 4 is 11.8 Å². The molecular formula is C15H29N3O2. The Hall–Kier alpha value is -1.10. The summed E-state index contributed by atoms with van der Waals surface area (Å²) in [6.07, 6.45) is 4.87. The monoisotopic (exact) mass is 283 g/mol. The highest BCUT2D eigenvalue weighted by molar-refractivity contribution is 5.77. The Morgan fingerprint density at radius 2 is 1.95 bits per heavy atom.